The van der Waals surface area contributed by atoms with Crippen LogP contribution in [-0.2, 0) is 6.54 Å². The Hall–Kier alpha value is -1.72. The molecule has 3 N–H and O–H groups in total. The number of phenolic OH excluding ortho intramolecular Hbond substituents is 2. The summed E-state index contributed by atoms with van der Waals surface area (Å²) < 4.78 is 5.26. The van der Waals surface area contributed by atoms with E-state index in [2.05, 4.69) is 11.4 Å². The van der Waals surface area contributed by atoms with Crippen LogP contribution in [0.1, 0.15) is 22.6 Å². The first kappa shape index (κ1) is 15.7. The van der Waals surface area contributed by atoms with Crippen LogP contribution in [0, 0.1) is 0 Å². The van der Waals surface area contributed by atoms with E-state index < -0.39 is 0 Å². The fraction of sp³-hybridized carbons (Fsp3) is 0.250. The molecule has 1 atom stereocenters. The number of nitrogens with one attached hydrogen (secondary N) is 1. The van der Waals surface area contributed by atoms with E-state index in [1.54, 1.807) is 13.2 Å². The fourth-order valence-electron chi connectivity index (χ4n) is 2.72. The number of hydrogen-bond acceptors (Lipinski definition) is 4. The third-order valence-corrected chi connectivity index (χ3v) is 3.79. The highest BCUT2D eigenvalue weighted by atomic mass is 79.9. The normalized spacial score (nSPS) is 16.7. The second kappa shape index (κ2) is 6.37. The van der Waals surface area contributed by atoms with Gasteiger partial charge in [-0.3, -0.25) is 0 Å². The fourth-order valence-corrected chi connectivity index (χ4v) is 2.72. The zero-order valence-electron chi connectivity index (χ0n) is 11.7. The second-order valence-corrected chi connectivity index (χ2v) is 5.00. The molecule has 0 fully saturated rings. The molecule has 2 aromatic carbocycles. The molecule has 4 nitrogen and oxygen atoms in total. The molecule has 21 heavy (non-hydrogen) atoms. The Kier molecular flexibility index (Phi) is 4.75. The molecule has 0 bridgehead atoms. The highest BCUT2D eigenvalue weighted by Crippen LogP contribution is 2.35. The van der Waals surface area contributed by atoms with Crippen molar-refractivity contribution in [2.24, 2.45) is 0 Å². The van der Waals surface area contributed by atoms with Gasteiger partial charge in [0.05, 0.1) is 7.11 Å². The molecule has 0 spiro atoms. The summed E-state index contributed by atoms with van der Waals surface area (Å²) in [6.45, 7) is 1.62. The van der Waals surface area contributed by atoms with Crippen LogP contribution in [0.25, 0.3) is 0 Å². The first-order valence-corrected chi connectivity index (χ1v) is 6.58. The van der Waals surface area contributed by atoms with Crippen molar-refractivity contribution in [2.45, 2.75) is 12.5 Å². The first-order valence-electron chi connectivity index (χ1n) is 6.58. The van der Waals surface area contributed by atoms with E-state index in [1.807, 2.05) is 18.2 Å². The lowest BCUT2D eigenvalue weighted by atomic mass is 9.85. The van der Waals surface area contributed by atoms with Crippen LogP contribution in [0.2, 0.25) is 0 Å². The molecule has 1 heterocycles. The maximum atomic E-state index is 9.67. The van der Waals surface area contributed by atoms with Crippen LogP contribution >= 0.6 is 17.0 Å². The summed E-state index contributed by atoms with van der Waals surface area (Å²) in [4.78, 5) is 0. The van der Waals surface area contributed by atoms with Crippen molar-refractivity contribution < 1.29 is 14.9 Å². The standard InChI is InChI=1S/C16H17NO3.BrH/c1-20-12-3-4-13-11(6-12)8-17-9-14(13)10-2-5-15(18)16(19)7-10;/h2-7,14,17-19H,8-9H2,1H3;1H. The summed E-state index contributed by atoms with van der Waals surface area (Å²) in [6.07, 6.45) is 0. The second-order valence-electron chi connectivity index (χ2n) is 5.00. The molecular weight excluding hydrogens is 334 g/mol. The van der Waals surface area contributed by atoms with Crippen molar-refractivity contribution in [3.05, 3.63) is 53.1 Å². The van der Waals surface area contributed by atoms with Gasteiger partial charge in [0.2, 0.25) is 0 Å². The molecule has 0 aromatic heterocycles. The van der Waals surface area contributed by atoms with Crippen molar-refractivity contribution in [2.75, 3.05) is 13.7 Å². The summed E-state index contributed by atoms with van der Waals surface area (Å²) in [5, 5.41) is 22.5. The van der Waals surface area contributed by atoms with Gasteiger partial charge in [-0.05, 0) is 41.0 Å². The molecule has 3 rings (SSSR count). The van der Waals surface area contributed by atoms with Crippen LogP contribution in [-0.4, -0.2) is 23.9 Å². The number of ether oxygens (including phenoxy) is 1. The van der Waals surface area contributed by atoms with Gasteiger partial charge in [0.15, 0.2) is 11.5 Å². The molecule has 1 aliphatic rings. The topological polar surface area (TPSA) is 61.7 Å². The van der Waals surface area contributed by atoms with Gasteiger partial charge in [-0.1, -0.05) is 12.1 Å². The van der Waals surface area contributed by atoms with E-state index in [-0.39, 0.29) is 34.4 Å². The van der Waals surface area contributed by atoms with Gasteiger partial charge < -0.3 is 20.3 Å². The molecule has 5 heteroatoms. The van der Waals surface area contributed by atoms with E-state index in [0.717, 1.165) is 24.4 Å². The van der Waals surface area contributed by atoms with Crippen LogP contribution in [0.3, 0.4) is 0 Å². The zero-order valence-corrected chi connectivity index (χ0v) is 13.4. The Morgan fingerprint density at radius 3 is 2.62 bits per heavy atom. The average molecular weight is 352 g/mol. The third-order valence-electron chi connectivity index (χ3n) is 3.79. The predicted octanol–water partition coefficient (Wildman–Crippen LogP) is 2.92. The summed E-state index contributed by atoms with van der Waals surface area (Å²) in [7, 11) is 1.66. The van der Waals surface area contributed by atoms with E-state index in [9.17, 15) is 10.2 Å². The Labute approximate surface area is 134 Å². The Bertz CT molecular complexity index is 645. The molecule has 1 unspecified atom stereocenters. The molecule has 0 aliphatic carbocycles. The monoisotopic (exact) mass is 351 g/mol. The van der Waals surface area contributed by atoms with Crippen molar-refractivity contribution in [1.29, 1.82) is 0 Å². The van der Waals surface area contributed by atoms with E-state index >= 15 is 0 Å². The summed E-state index contributed by atoms with van der Waals surface area (Å²) >= 11 is 0. The van der Waals surface area contributed by atoms with Crippen LogP contribution in [0.4, 0.5) is 0 Å². The number of benzene rings is 2. The molecule has 0 radical (unpaired) electrons. The van der Waals surface area contributed by atoms with Gasteiger partial charge in [0, 0.05) is 19.0 Å². The van der Waals surface area contributed by atoms with Crippen LogP contribution in [0.15, 0.2) is 36.4 Å². The number of methoxy groups -OCH3 is 1. The number of fused-ring (bicyclic) bond motifs is 1. The quantitative estimate of drug-likeness (QED) is 0.728. The van der Waals surface area contributed by atoms with Crippen molar-refractivity contribution in [3.63, 3.8) is 0 Å². The number of rotatable bonds is 2. The predicted molar refractivity (Wildman–Crippen MR) is 86.6 cm³/mol. The number of phenols is 2. The highest BCUT2D eigenvalue weighted by molar-refractivity contribution is 8.93. The van der Waals surface area contributed by atoms with E-state index in [1.165, 1.54) is 17.2 Å². The van der Waals surface area contributed by atoms with Crippen LogP contribution in [0.5, 0.6) is 17.2 Å². The molecule has 0 saturated heterocycles. The van der Waals surface area contributed by atoms with Crippen molar-refractivity contribution in [3.8, 4) is 17.2 Å². The molecule has 0 saturated carbocycles. The number of aromatic hydroxyl groups is 2. The van der Waals surface area contributed by atoms with Crippen molar-refractivity contribution >= 4 is 17.0 Å². The molecule has 2 aromatic rings. The Morgan fingerprint density at radius 2 is 1.90 bits per heavy atom. The SMILES string of the molecule is Br.COc1ccc2c(c1)CNCC2c1ccc(O)c(O)c1. The minimum Gasteiger partial charge on any atom is -0.504 e. The lowest BCUT2D eigenvalue weighted by Gasteiger charge is -2.27. The minimum atomic E-state index is -0.0903. The van der Waals surface area contributed by atoms with Crippen LogP contribution < -0.4 is 10.1 Å². The van der Waals surface area contributed by atoms with Gasteiger partial charge >= 0.3 is 0 Å². The average Bonchev–Trinajstić information content (AvgIpc) is 2.49. The van der Waals surface area contributed by atoms with E-state index in [0.29, 0.717) is 0 Å². The Morgan fingerprint density at radius 1 is 1.10 bits per heavy atom. The van der Waals surface area contributed by atoms with E-state index in [4.69, 9.17) is 4.74 Å². The number of halogens is 1. The Balaban J connectivity index is 0.00000161. The van der Waals surface area contributed by atoms with Gasteiger partial charge in [-0.25, -0.2) is 0 Å². The molecule has 1 aliphatic heterocycles. The highest BCUT2D eigenvalue weighted by Gasteiger charge is 2.22. The summed E-state index contributed by atoms with van der Waals surface area (Å²) in [6, 6.07) is 11.1. The first-order chi connectivity index (χ1) is 9.69. The zero-order chi connectivity index (χ0) is 14.1. The minimum absolute atomic E-state index is 0. The lowest BCUT2D eigenvalue weighted by molar-refractivity contribution is 0.402. The van der Waals surface area contributed by atoms with Gasteiger partial charge in [-0.2, -0.15) is 0 Å². The summed E-state index contributed by atoms with van der Waals surface area (Å²) in [5.41, 5.74) is 3.42. The maximum Gasteiger partial charge on any atom is 0.157 e. The van der Waals surface area contributed by atoms with Crippen molar-refractivity contribution in [1.82, 2.24) is 5.32 Å². The third kappa shape index (κ3) is 2.99. The molecule has 0 amide bonds. The largest absolute Gasteiger partial charge is 0.504 e. The maximum absolute atomic E-state index is 9.67. The summed E-state index contributed by atoms with van der Waals surface area (Å²) in [5.74, 6) is 0.839. The molecule has 112 valence electrons. The smallest absolute Gasteiger partial charge is 0.157 e. The van der Waals surface area contributed by atoms with Gasteiger partial charge in [0.25, 0.3) is 0 Å². The molecular formula is C16H18BrNO3. The lowest BCUT2D eigenvalue weighted by Crippen LogP contribution is -2.28. The van der Waals surface area contributed by atoms with Gasteiger partial charge in [-0.15, -0.1) is 17.0 Å². The number of hydrogen-bond donors (Lipinski definition) is 3. The van der Waals surface area contributed by atoms with Gasteiger partial charge in [0.1, 0.15) is 5.75 Å².